The van der Waals surface area contributed by atoms with E-state index in [1.54, 1.807) is 0 Å². The number of nitrogens with two attached hydrogens (primary N) is 1. The van der Waals surface area contributed by atoms with Crippen LogP contribution in [0.25, 0.3) is 11.4 Å². The summed E-state index contributed by atoms with van der Waals surface area (Å²) in [5.41, 5.74) is 3.21. The average molecular weight is 384 g/mol. The van der Waals surface area contributed by atoms with E-state index in [-0.39, 0.29) is 28.7 Å². The minimum absolute atomic E-state index is 0.0912. The third-order valence-corrected chi connectivity index (χ3v) is 3.41. The number of halogens is 3. The lowest BCUT2D eigenvalue weighted by molar-refractivity contribution is -0.141. The van der Waals surface area contributed by atoms with Gasteiger partial charge in [0.25, 0.3) is 5.91 Å². The van der Waals surface area contributed by atoms with Gasteiger partial charge in [-0.3, -0.25) is 4.79 Å². The standard InChI is InChI=1S/C12H11F3N10O2/c1-24-10(18-20-22-24)5-3-7(12(13,14)15)17-6(8(5)9(16)26)4-27-11-19-21-23-25(11)2/h3H,4H2,1-2H3,(H2,16,26). The molecule has 0 unspecified atom stereocenters. The summed E-state index contributed by atoms with van der Waals surface area (Å²) in [6.45, 7) is -0.547. The van der Waals surface area contributed by atoms with Crippen LogP contribution in [0.2, 0.25) is 0 Å². The number of nitrogens with zero attached hydrogens (tertiary/aromatic N) is 9. The molecule has 0 aliphatic carbocycles. The summed E-state index contributed by atoms with van der Waals surface area (Å²) in [6.07, 6.45) is -4.79. The smallest absolute Gasteiger partial charge is 0.433 e. The maximum absolute atomic E-state index is 13.3. The van der Waals surface area contributed by atoms with Crippen LogP contribution in [-0.4, -0.2) is 51.3 Å². The summed E-state index contributed by atoms with van der Waals surface area (Å²) in [6, 6.07) is 0.561. The van der Waals surface area contributed by atoms with Crippen LogP contribution in [-0.2, 0) is 26.9 Å². The molecule has 142 valence electrons. The maximum Gasteiger partial charge on any atom is 0.433 e. The second kappa shape index (κ2) is 6.58. The minimum Gasteiger partial charge on any atom is -0.456 e. The number of carbonyl (C=O) groups excluding carboxylic acids is 1. The number of rotatable bonds is 5. The summed E-state index contributed by atoms with van der Waals surface area (Å²) in [5, 5.41) is 21.0. The number of alkyl halides is 3. The van der Waals surface area contributed by atoms with Crippen molar-refractivity contribution in [3.8, 4) is 17.4 Å². The molecular formula is C12H11F3N10O2. The van der Waals surface area contributed by atoms with Crippen LogP contribution in [0.5, 0.6) is 6.01 Å². The Hall–Kier alpha value is -3.65. The molecule has 0 atom stereocenters. The molecule has 0 spiro atoms. The molecule has 0 fully saturated rings. The van der Waals surface area contributed by atoms with Crippen molar-refractivity contribution in [2.45, 2.75) is 12.8 Å². The summed E-state index contributed by atoms with van der Waals surface area (Å²) in [5.74, 6) is -1.12. The minimum atomic E-state index is -4.79. The van der Waals surface area contributed by atoms with Gasteiger partial charge in [0.05, 0.1) is 11.3 Å². The third-order valence-electron chi connectivity index (χ3n) is 3.41. The Labute approximate surface area is 148 Å². The molecule has 0 aromatic carbocycles. The van der Waals surface area contributed by atoms with Crippen molar-refractivity contribution in [1.82, 2.24) is 45.4 Å². The highest BCUT2D eigenvalue weighted by Gasteiger charge is 2.36. The summed E-state index contributed by atoms with van der Waals surface area (Å²) in [4.78, 5) is 15.4. The first-order valence-corrected chi connectivity index (χ1v) is 7.17. The lowest BCUT2D eigenvalue weighted by Crippen LogP contribution is -2.21. The van der Waals surface area contributed by atoms with Crippen molar-refractivity contribution >= 4 is 5.91 Å². The topological polar surface area (TPSA) is 152 Å². The third kappa shape index (κ3) is 3.51. The molecule has 3 heterocycles. The zero-order chi connectivity index (χ0) is 19.8. The first-order chi connectivity index (χ1) is 12.7. The predicted octanol–water partition coefficient (Wildman–Crippen LogP) is -0.508. The number of tetrazole rings is 2. The Morgan fingerprint density at radius 1 is 1.19 bits per heavy atom. The summed E-state index contributed by atoms with van der Waals surface area (Å²) in [7, 11) is 2.86. The molecule has 0 radical (unpaired) electrons. The number of hydrogen-bond donors (Lipinski definition) is 1. The molecule has 0 bridgehead atoms. The summed E-state index contributed by atoms with van der Waals surface area (Å²) < 4.78 is 47.4. The number of hydrogen-bond acceptors (Lipinski definition) is 9. The normalized spacial score (nSPS) is 11.6. The maximum atomic E-state index is 13.3. The van der Waals surface area contributed by atoms with E-state index in [1.807, 2.05) is 0 Å². The monoisotopic (exact) mass is 384 g/mol. The van der Waals surface area contributed by atoms with Gasteiger partial charge in [-0.1, -0.05) is 5.10 Å². The Kier molecular flexibility index (Phi) is 4.42. The zero-order valence-corrected chi connectivity index (χ0v) is 13.8. The van der Waals surface area contributed by atoms with Crippen LogP contribution in [0, 0.1) is 0 Å². The van der Waals surface area contributed by atoms with Gasteiger partial charge in [0.1, 0.15) is 12.3 Å². The zero-order valence-electron chi connectivity index (χ0n) is 13.8. The highest BCUT2D eigenvalue weighted by atomic mass is 19.4. The molecule has 12 nitrogen and oxygen atoms in total. The average Bonchev–Trinajstić information content (AvgIpc) is 3.19. The molecule has 0 aliphatic rings. The fourth-order valence-electron chi connectivity index (χ4n) is 2.23. The molecule has 1 amide bonds. The number of ether oxygens (including phenoxy) is 1. The fourth-order valence-corrected chi connectivity index (χ4v) is 2.23. The van der Waals surface area contributed by atoms with Gasteiger partial charge in [0.2, 0.25) is 0 Å². The van der Waals surface area contributed by atoms with Crippen molar-refractivity contribution in [3.05, 3.63) is 23.0 Å². The molecular weight excluding hydrogens is 373 g/mol. The number of aryl methyl sites for hydroxylation is 2. The second-order valence-electron chi connectivity index (χ2n) is 5.24. The Balaban J connectivity index is 2.16. The van der Waals surface area contributed by atoms with E-state index in [4.69, 9.17) is 10.5 Å². The van der Waals surface area contributed by atoms with Gasteiger partial charge in [-0.25, -0.2) is 9.67 Å². The number of amides is 1. The quantitative estimate of drug-likeness (QED) is 0.613. The van der Waals surface area contributed by atoms with Gasteiger partial charge in [0.15, 0.2) is 5.82 Å². The first-order valence-electron chi connectivity index (χ1n) is 7.17. The Morgan fingerprint density at radius 2 is 1.85 bits per heavy atom. The molecule has 0 saturated carbocycles. The van der Waals surface area contributed by atoms with E-state index >= 15 is 0 Å². The lowest BCUT2D eigenvalue weighted by Gasteiger charge is -2.15. The van der Waals surface area contributed by atoms with Gasteiger partial charge < -0.3 is 10.5 Å². The van der Waals surface area contributed by atoms with Gasteiger partial charge in [0, 0.05) is 19.7 Å². The van der Waals surface area contributed by atoms with Crippen LogP contribution in [0.1, 0.15) is 21.7 Å². The Morgan fingerprint density at radius 3 is 2.37 bits per heavy atom. The SMILES string of the molecule is Cn1nnnc1OCc1nc(C(F)(F)F)cc(-c2nnnn2C)c1C(N)=O. The number of aromatic nitrogens is 9. The predicted molar refractivity (Wildman–Crippen MR) is 78.7 cm³/mol. The molecule has 3 aromatic rings. The van der Waals surface area contributed by atoms with E-state index in [9.17, 15) is 18.0 Å². The van der Waals surface area contributed by atoms with Crippen LogP contribution in [0.4, 0.5) is 13.2 Å². The van der Waals surface area contributed by atoms with E-state index in [0.717, 1.165) is 9.36 Å². The van der Waals surface area contributed by atoms with E-state index in [2.05, 4.69) is 36.0 Å². The van der Waals surface area contributed by atoms with Gasteiger partial charge in [-0.15, -0.1) is 5.10 Å². The molecule has 3 aromatic heterocycles. The van der Waals surface area contributed by atoms with Crippen molar-refractivity contribution in [1.29, 1.82) is 0 Å². The van der Waals surface area contributed by atoms with E-state index in [1.165, 1.54) is 14.1 Å². The highest BCUT2D eigenvalue weighted by molar-refractivity contribution is 6.00. The molecule has 3 rings (SSSR count). The first kappa shape index (κ1) is 18.2. The molecule has 27 heavy (non-hydrogen) atoms. The van der Waals surface area contributed by atoms with Crippen molar-refractivity contribution in [3.63, 3.8) is 0 Å². The number of carbonyl (C=O) groups is 1. The number of primary amides is 1. The van der Waals surface area contributed by atoms with Gasteiger partial charge >= 0.3 is 12.2 Å². The van der Waals surface area contributed by atoms with Crippen molar-refractivity contribution in [2.24, 2.45) is 19.8 Å². The van der Waals surface area contributed by atoms with Crippen LogP contribution < -0.4 is 10.5 Å². The molecule has 0 saturated heterocycles. The molecule has 2 N–H and O–H groups in total. The van der Waals surface area contributed by atoms with Crippen LogP contribution >= 0.6 is 0 Å². The van der Waals surface area contributed by atoms with Gasteiger partial charge in [-0.2, -0.15) is 17.9 Å². The van der Waals surface area contributed by atoms with Crippen LogP contribution in [0.3, 0.4) is 0 Å². The lowest BCUT2D eigenvalue weighted by atomic mass is 10.0. The van der Waals surface area contributed by atoms with Crippen molar-refractivity contribution in [2.75, 3.05) is 0 Å². The fraction of sp³-hybridized carbons (Fsp3) is 0.333. The van der Waals surface area contributed by atoms with E-state index < -0.39 is 24.4 Å². The largest absolute Gasteiger partial charge is 0.456 e. The molecule has 15 heteroatoms. The van der Waals surface area contributed by atoms with Gasteiger partial charge in [-0.05, 0) is 26.9 Å². The highest BCUT2D eigenvalue weighted by Crippen LogP contribution is 2.33. The van der Waals surface area contributed by atoms with Crippen molar-refractivity contribution < 1.29 is 22.7 Å². The Bertz CT molecular complexity index is 996. The van der Waals surface area contributed by atoms with E-state index in [0.29, 0.717) is 6.07 Å². The summed E-state index contributed by atoms with van der Waals surface area (Å²) >= 11 is 0. The van der Waals surface area contributed by atoms with Crippen LogP contribution in [0.15, 0.2) is 6.07 Å². The second-order valence-corrected chi connectivity index (χ2v) is 5.24. The molecule has 0 aliphatic heterocycles. The number of pyridine rings is 1.